The molecule has 0 fully saturated rings. The Morgan fingerprint density at radius 2 is 2.19 bits per heavy atom. The summed E-state index contributed by atoms with van der Waals surface area (Å²) in [7, 11) is 1.30. The third kappa shape index (κ3) is 3.34. The lowest BCUT2D eigenvalue weighted by molar-refractivity contribution is -0.149. The molecule has 1 aromatic heterocycles. The van der Waals surface area contributed by atoms with Crippen LogP contribution < -0.4 is 5.32 Å². The number of esters is 1. The van der Waals surface area contributed by atoms with Crippen LogP contribution in [0.2, 0.25) is 0 Å². The summed E-state index contributed by atoms with van der Waals surface area (Å²) in [5.41, 5.74) is -0.983. The minimum absolute atomic E-state index is 0.183. The summed E-state index contributed by atoms with van der Waals surface area (Å²) in [5.74, 6) is -0.634. The molecule has 0 radical (unpaired) electrons. The van der Waals surface area contributed by atoms with Crippen LogP contribution in [0.15, 0.2) is 17.5 Å². The monoisotopic (exact) mass is 241 g/mol. The number of carbonyl (C=O) groups is 2. The molecule has 0 atom stereocenters. The van der Waals surface area contributed by atoms with E-state index in [4.69, 9.17) is 0 Å². The van der Waals surface area contributed by atoms with Crippen LogP contribution in [0, 0.1) is 0 Å². The molecule has 0 saturated heterocycles. The molecule has 5 heteroatoms. The number of ether oxygens (including phenoxy) is 1. The van der Waals surface area contributed by atoms with Gasteiger partial charge in [-0.25, -0.2) is 4.79 Å². The first-order valence-electron chi connectivity index (χ1n) is 4.87. The molecule has 0 aliphatic heterocycles. The molecule has 1 aromatic rings. The number of amides is 1. The highest BCUT2D eigenvalue weighted by Crippen LogP contribution is 2.10. The zero-order valence-corrected chi connectivity index (χ0v) is 10.4. The number of methoxy groups -OCH3 is 1. The van der Waals surface area contributed by atoms with Crippen molar-refractivity contribution in [2.45, 2.75) is 25.8 Å². The molecule has 1 heterocycles. The van der Waals surface area contributed by atoms with Crippen LogP contribution in [-0.4, -0.2) is 24.5 Å². The Morgan fingerprint density at radius 1 is 1.50 bits per heavy atom. The molecule has 1 rings (SSSR count). The van der Waals surface area contributed by atoms with Gasteiger partial charge in [-0.3, -0.25) is 4.79 Å². The standard InChI is InChI=1S/C11H15NO3S/c1-11(2,10(14)15-3)12-9(13)7-8-5-4-6-16-8/h4-6H,7H2,1-3H3,(H,12,13). The molecule has 4 nitrogen and oxygen atoms in total. The summed E-state index contributed by atoms with van der Waals surface area (Å²) in [6, 6.07) is 3.77. The quantitative estimate of drug-likeness (QED) is 0.810. The number of hydrogen-bond acceptors (Lipinski definition) is 4. The van der Waals surface area contributed by atoms with E-state index in [2.05, 4.69) is 10.1 Å². The van der Waals surface area contributed by atoms with Gasteiger partial charge in [0.2, 0.25) is 5.91 Å². The predicted octanol–water partition coefficient (Wildman–Crippen LogP) is 1.36. The Balaban J connectivity index is 2.54. The highest BCUT2D eigenvalue weighted by atomic mass is 32.1. The summed E-state index contributed by atoms with van der Waals surface area (Å²) in [6.07, 6.45) is 0.290. The van der Waals surface area contributed by atoms with E-state index >= 15 is 0 Å². The largest absolute Gasteiger partial charge is 0.467 e. The third-order valence-corrected chi connectivity index (χ3v) is 2.94. The van der Waals surface area contributed by atoms with Gasteiger partial charge in [0.15, 0.2) is 0 Å². The number of hydrogen-bond donors (Lipinski definition) is 1. The fourth-order valence-electron chi connectivity index (χ4n) is 1.27. The molecule has 0 unspecified atom stereocenters. The normalized spacial score (nSPS) is 10.9. The lowest BCUT2D eigenvalue weighted by atomic mass is 10.1. The summed E-state index contributed by atoms with van der Waals surface area (Å²) < 4.78 is 4.60. The van der Waals surface area contributed by atoms with Gasteiger partial charge in [0.1, 0.15) is 5.54 Å². The Bertz CT molecular complexity index is 371. The lowest BCUT2D eigenvalue weighted by Crippen LogP contribution is -2.50. The average Bonchev–Trinajstić information content (AvgIpc) is 2.67. The number of rotatable bonds is 4. The van der Waals surface area contributed by atoms with Gasteiger partial charge in [-0.15, -0.1) is 11.3 Å². The average molecular weight is 241 g/mol. The second-order valence-electron chi connectivity index (χ2n) is 3.92. The number of nitrogens with one attached hydrogen (secondary N) is 1. The first-order valence-corrected chi connectivity index (χ1v) is 5.75. The molecule has 0 aliphatic carbocycles. The van der Waals surface area contributed by atoms with Crippen LogP contribution in [-0.2, 0) is 20.7 Å². The van der Waals surface area contributed by atoms with Gasteiger partial charge in [0.05, 0.1) is 13.5 Å². The van der Waals surface area contributed by atoms with E-state index in [0.717, 1.165) is 4.88 Å². The van der Waals surface area contributed by atoms with Crippen molar-refractivity contribution >= 4 is 23.2 Å². The first-order chi connectivity index (χ1) is 7.45. The summed E-state index contributed by atoms with van der Waals surface area (Å²) in [5, 5.41) is 4.55. The van der Waals surface area contributed by atoms with Crippen molar-refractivity contribution in [3.8, 4) is 0 Å². The highest BCUT2D eigenvalue weighted by molar-refractivity contribution is 7.10. The van der Waals surface area contributed by atoms with Crippen molar-refractivity contribution in [1.82, 2.24) is 5.32 Å². The van der Waals surface area contributed by atoms with Gasteiger partial charge in [-0.05, 0) is 25.3 Å². The van der Waals surface area contributed by atoms with E-state index < -0.39 is 11.5 Å². The molecule has 1 amide bonds. The van der Waals surface area contributed by atoms with Crippen molar-refractivity contribution in [1.29, 1.82) is 0 Å². The van der Waals surface area contributed by atoms with Crippen LogP contribution in [0.1, 0.15) is 18.7 Å². The Kier molecular flexibility index (Phi) is 4.06. The maximum atomic E-state index is 11.6. The van der Waals surface area contributed by atoms with Gasteiger partial charge in [0, 0.05) is 4.88 Å². The lowest BCUT2D eigenvalue weighted by Gasteiger charge is -2.22. The van der Waals surface area contributed by atoms with Crippen LogP contribution in [0.25, 0.3) is 0 Å². The molecule has 0 aromatic carbocycles. The molecule has 0 saturated carbocycles. The van der Waals surface area contributed by atoms with Crippen molar-refractivity contribution in [3.63, 3.8) is 0 Å². The summed E-state index contributed by atoms with van der Waals surface area (Å²) in [4.78, 5) is 23.9. The maximum Gasteiger partial charge on any atom is 0.330 e. The van der Waals surface area contributed by atoms with E-state index in [1.807, 2.05) is 17.5 Å². The smallest absolute Gasteiger partial charge is 0.330 e. The van der Waals surface area contributed by atoms with Crippen LogP contribution in [0.4, 0.5) is 0 Å². The molecule has 1 N–H and O–H groups in total. The third-order valence-electron chi connectivity index (χ3n) is 2.06. The van der Waals surface area contributed by atoms with Gasteiger partial charge < -0.3 is 10.1 Å². The van der Waals surface area contributed by atoms with Crippen LogP contribution in [0.5, 0.6) is 0 Å². The van der Waals surface area contributed by atoms with E-state index in [-0.39, 0.29) is 12.3 Å². The summed E-state index contributed by atoms with van der Waals surface area (Å²) in [6.45, 7) is 3.23. The first kappa shape index (κ1) is 12.7. The van der Waals surface area contributed by atoms with E-state index in [1.54, 1.807) is 13.8 Å². The minimum atomic E-state index is -0.983. The molecule has 0 aliphatic rings. The fourth-order valence-corrected chi connectivity index (χ4v) is 1.97. The van der Waals surface area contributed by atoms with E-state index in [0.29, 0.717) is 0 Å². The van der Waals surface area contributed by atoms with Gasteiger partial charge in [0.25, 0.3) is 0 Å². The van der Waals surface area contributed by atoms with Gasteiger partial charge in [-0.1, -0.05) is 6.07 Å². The second-order valence-corrected chi connectivity index (χ2v) is 4.95. The molecule has 88 valence electrons. The van der Waals surface area contributed by atoms with Crippen LogP contribution >= 0.6 is 11.3 Å². The topological polar surface area (TPSA) is 55.4 Å². The maximum absolute atomic E-state index is 11.6. The van der Waals surface area contributed by atoms with Crippen molar-refractivity contribution in [2.24, 2.45) is 0 Å². The van der Waals surface area contributed by atoms with Gasteiger partial charge in [-0.2, -0.15) is 0 Å². The number of thiophene rings is 1. The Morgan fingerprint density at radius 3 is 2.69 bits per heavy atom. The molecular weight excluding hydrogens is 226 g/mol. The van der Waals surface area contributed by atoms with Crippen LogP contribution in [0.3, 0.4) is 0 Å². The highest BCUT2D eigenvalue weighted by Gasteiger charge is 2.30. The number of carbonyl (C=O) groups excluding carboxylic acids is 2. The zero-order chi connectivity index (χ0) is 12.2. The van der Waals surface area contributed by atoms with E-state index in [9.17, 15) is 9.59 Å². The molecule has 0 bridgehead atoms. The SMILES string of the molecule is COC(=O)C(C)(C)NC(=O)Cc1cccs1. The molecule has 0 spiro atoms. The zero-order valence-electron chi connectivity index (χ0n) is 9.57. The van der Waals surface area contributed by atoms with Gasteiger partial charge >= 0.3 is 5.97 Å². The Labute approximate surface area is 98.6 Å². The van der Waals surface area contributed by atoms with Crippen molar-refractivity contribution < 1.29 is 14.3 Å². The Hall–Kier alpha value is -1.36. The minimum Gasteiger partial charge on any atom is -0.467 e. The predicted molar refractivity (Wildman–Crippen MR) is 62.3 cm³/mol. The van der Waals surface area contributed by atoms with Crippen molar-refractivity contribution in [2.75, 3.05) is 7.11 Å². The van der Waals surface area contributed by atoms with Crippen molar-refractivity contribution in [3.05, 3.63) is 22.4 Å². The van der Waals surface area contributed by atoms with E-state index in [1.165, 1.54) is 18.4 Å². The second kappa shape index (κ2) is 5.12. The molecular formula is C11H15NO3S. The summed E-state index contributed by atoms with van der Waals surface area (Å²) >= 11 is 1.51. The fraction of sp³-hybridized carbons (Fsp3) is 0.455. The molecule has 16 heavy (non-hydrogen) atoms.